The highest BCUT2D eigenvalue weighted by Crippen LogP contribution is 2.30. The van der Waals surface area contributed by atoms with Crippen molar-refractivity contribution in [2.45, 2.75) is 70.6 Å². The Morgan fingerprint density at radius 3 is 2.73 bits per heavy atom. The second-order valence-corrected chi connectivity index (χ2v) is 12.0. The predicted molar refractivity (Wildman–Crippen MR) is 158 cm³/mol. The second-order valence-electron chi connectivity index (χ2n) is 12.0. The zero-order valence-electron chi connectivity index (χ0n) is 24.8. The van der Waals surface area contributed by atoms with Gasteiger partial charge in [-0.3, -0.25) is 14.6 Å². The van der Waals surface area contributed by atoms with Gasteiger partial charge in [0.25, 0.3) is 0 Å². The van der Waals surface area contributed by atoms with Gasteiger partial charge in [0.1, 0.15) is 30.5 Å². The quantitative estimate of drug-likeness (QED) is 0.399. The Bertz CT molecular complexity index is 1550. The summed E-state index contributed by atoms with van der Waals surface area (Å²) in [5.41, 5.74) is 5.65. The van der Waals surface area contributed by atoms with Crippen molar-refractivity contribution in [3.63, 3.8) is 0 Å². The van der Waals surface area contributed by atoms with E-state index in [-0.39, 0.29) is 31.2 Å². The van der Waals surface area contributed by atoms with Gasteiger partial charge in [0.2, 0.25) is 5.91 Å². The van der Waals surface area contributed by atoms with Crippen molar-refractivity contribution < 1.29 is 22.7 Å². The summed E-state index contributed by atoms with van der Waals surface area (Å²) in [7, 11) is 0. The van der Waals surface area contributed by atoms with E-state index < -0.39 is 12.7 Å². The average molecular weight is 611 g/mol. The molecule has 1 unspecified atom stereocenters. The molecule has 1 amide bonds. The van der Waals surface area contributed by atoms with Crippen LogP contribution < -0.4 is 10.6 Å². The third kappa shape index (κ3) is 6.82. The molecule has 10 nitrogen and oxygen atoms in total. The summed E-state index contributed by atoms with van der Waals surface area (Å²) >= 11 is 0. The highest BCUT2D eigenvalue weighted by molar-refractivity contribution is 5.86. The first-order valence-electron chi connectivity index (χ1n) is 15.2. The molecule has 234 valence electrons. The molecule has 2 fully saturated rings. The van der Waals surface area contributed by atoms with Gasteiger partial charge in [-0.15, -0.1) is 0 Å². The number of hydrogen-bond acceptors (Lipinski definition) is 8. The zero-order chi connectivity index (χ0) is 30.8. The van der Waals surface area contributed by atoms with E-state index in [9.17, 15) is 23.2 Å². The van der Waals surface area contributed by atoms with E-state index in [4.69, 9.17) is 4.74 Å². The molecule has 3 aromatic rings. The smallest absolute Gasteiger partial charge is 0.367 e. The van der Waals surface area contributed by atoms with Gasteiger partial charge in [-0.2, -0.15) is 18.4 Å². The number of aromatic nitrogens is 3. The molecule has 0 aliphatic carbocycles. The average Bonchev–Trinajstić information content (AvgIpc) is 3.37. The van der Waals surface area contributed by atoms with Crippen LogP contribution in [0, 0.1) is 18.3 Å². The number of benzene rings is 1. The Labute approximate surface area is 254 Å². The van der Waals surface area contributed by atoms with E-state index in [1.165, 1.54) is 22.4 Å². The van der Waals surface area contributed by atoms with Gasteiger partial charge in [-0.05, 0) is 55.9 Å². The van der Waals surface area contributed by atoms with Crippen molar-refractivity contribution in [1.29, 1.82) is 5.26 Å². The fraction of sp³-hybridized carbons (Fsp3) is 0.548. The van der Waals surface area contributed by atoms with Crippen molar-refractivity contribution in [1.82, 2.24) is 29.7 Å². The molecule has 13 heteroatoms. The van der Waals surface area contributed by atoms with Crippen LogP contribution in [0.5, 0.6) is 0 Å². The topological polar surface area (TPSA) is 111 Å². The number of carbonyl (C=O) groups excluding carboxylic acids is 1. The Balaban J connectivity index is 1.05. The van der Waals surface area contributed by atoms with Crippen LogP contribution in [-0.2, 0) is 35.6 Å². The molecule has 3 aliphatic heterocycles. The van der Waals surface area contributed by atoms with Crippen molar-refractivity contribution >= 4 is 22.6 Å². The Hall–Kier alpha value is -3.73. The van der Waals surface area contributed by atoms with E-state index in [0.29, 0.717) is 43.9 Å². The van der Waals surface area contributed by atoms with Crippen molar-refractivity contribution in [3.8, 4) is 6.07 Å². The summed E-state index contributed by atoms with van der Waals surface area (Å²) in [6, 6.07) is 8.80. The van der Waals surface area contributed by atoms with Gasteiger partial charge in [-0.1, -0.05) is 6.07 Å². The number of nitrogens with zero attached hydrogens (tertiary/aromatic N) is 6. The van der Waals surface area contributed by atoms with E-state index in [1.807, 2.05) is 10.6 Å². The van der Waals surface area contributed by atoms with Crippen LogP contribution in [-0.4, -0.2) is 87.9 Å². The van der Waals surface area contributed by atoms with Crippen molar-refractivity contribution in [2.75, 3.05) is 44.6 Å². The largest absolute Gasteiger partial charge is 0.401 e. The lowest BCUT2D eigenvalue weighted by Crippen LogP contribution is -2.43. The maximum absolute atomic E-state index is 12.9. The standard InChI is InChI=1S/C31H37F3N8O2/c1-20-21(2-3-28-26(20)12-23(13-35)42(28)11-6-24-14-36-29(43)17-44-24)15-40-8-4-22(5-9-40)39-30-25-7-10-41(18-31(32,33)34)16-27(25)37-19-38-30/h2-3,12,19,22,24H,4-11,14-18H2,1H3,(H,36,43)(H,37,38,39). The number of anilines is 1. The first-order chi connectivity index (χ1) is 21.2. The zero-order valence-corrected chi connectivity index (χ0v) is 24.8. The van der Waals surface area contributed by atoms with E-state index in [0.717, 1.165) is 54.8 Å². The number of carbonyl (C=O) groups is 1. The Morgan fingerprint density at radius 2 is 2.00 bits per heavy atom. The molecule has 2 aromatic heterocycles. The Morgan fingerprint density at radius 1 is 1.18 bits per heavy atom. The first kappa shape index (κ1) is 30.3. The fourth-order valence-corrected chi connectivity index (χ4v) is 6.61. The number of fused-ring (bicyclic) bond motifs is 2. The number of rotatable bonds is 8. The van der Waals surface area contributed by atoms with Gasteiger partial charge in [-0.25, -0.2) is 9.97 Å². The van der Waals surface area contributed by atoms with Crippen LogP contribution in [0.3, 0.4) is 0 Å². The molecule has 44 heavy (non-hydrogen) atoms. The van der Waals surface area contributed by atoms with Gasteiger partial charge in [0.05, 0.1) is 18.3 Å². The van der Waals surface area contributed by atoms with Crippen LogP contribution in [0.15, 0.2) is 24.5 Å². The highest BCUT2D eigenvalue weighted by Gasteiger charge is 2.33. The van der Waals surface area contributed by atoms with Crippen LogP contribution in [0.1, 0.15) is 47.3 Å². The third-order valence-electron chi connectivity index (χ3n) is 9.04. The molecule has 2 saturated heterocycles. The minimum atomic E-state index is -4.22. The van der Waals surface area contributed by atoms with Gasteiger partial charge in [0, 0.05) is 68.3 Å². The molecular weight excluding hydrogens is 573 g/mol. The van der Waals surface area contributed by atoms with Crippen LogP contribution in [0.2, 0.25) is 0 Å². The SMILES string of the molecule is Cc1c(CN2CCC(Nc3ncnc4c3CCN(CC(F)(F)F)C4)CC2)ccc2c1cc(C#N)n2CCC1CNC(=O)CO1. The molecule has 6 rings (SSSR count). The first-order valence-corrected chi connectivity index (χ1v) is 15.2. The number of halogens is 3. The summed E-state index contributed by atoms with van der Waals surface area (Å²) in [6.07, 6.45) is 0.218. The lowest BCUT2D eigenvalue weighted by molar-refractivity contribution is -0.147. The molecule has 1 atom stereocenters. The van der Waals surface area contributed by atoms with Crippen LogP contribution >= 0.6 is 0 Å². The predicted octanol–water partition coefficient (Wildman–Crippen LogP) is 3.51. The normalized spacial score (nSPS) is 20.3. The number of nitrogens with one attached hydrogen (secondary N) is 2. The number of likely N-dealkylation sites (tertiary alicyclic amines) is 1. The fourth-order valence-electron chi connectivity index (χ4n) is 6.61. The summed E-state index contributed by atoms with van der Waals surface area (Å²) in [4.78, 5) is 23.9. The number of ether oxygens (including phenoxy) is 1. The monoisotopic (exact) mass is 610 g/mol. The van der Waals surface area contributed by atoms with Crippen LogP contribution in [0.25, 0.3) is 10.9 Å². The molecule has 5 heterocycles. The number of hydrogen-bond donors (Lipinski definition) is 2. The van der Waals surface area contributed by atoms with Gasteiger partial charge < -0.3 is 19.9 Å². The van der Waals surface area contributed by atoms with E-state index in [2.05, 4.69) is 50.6 Å². The minimum Gasteiger partial charge on any atom is -0.367 e. The second kappa shape index (κ2) is 12.7. The molecule has 1 aromatic carbocycles. The maximum atomic E-state index is 12.9. The van der Waals surface area contributed by atoms with Crippen molar-refractivity contribution in [2.24, 2.45) is 0 Å². The maximum Gasteiger partial charge on any atom is 0.401 e. The number of morpholine rings is 1. The highest BCUT2D eigenvalue weighted by atomic mass is 19.4. The minimum absolute atomic E-state index is 0.0668. The van der Waals surface area contributed by atoms with Crippen LogP contribution in [0.4, 0.5) is 19.0 Å². The Kier molecular flexibility index (Phi) is 8.75. The number of aryl methyl sites for hydroxylation is 2. The number of alkyl halides is 3. The number of nitriles is 1. The lowest BCUT2D eigenvalue weighted by atomic mass is 10.00. The molecular formula is C31H37F3N8O2. The summed E-state index contributed by atoms with van der Waals surface area (Å²) in [5.74, 6) is 0.652. The third-order valence-corrected chi connectivity index (χ3v) is 9.04. The van der Waals surface area contributed by atoms with E-state index in [1.54, 1.807) is 0 Å². The number of piperidine rings is 1. The van der Waals surface area contributed by atoms with Crippen molar-refractivity contribution in [3.05, 3.63) is 52.6 Å². The van der Waals surface area contributed by atoms with E-state index >= 15 is 0 Å². The van der Waals surface area contributed by atoms with Gasteiger partial charge in [0.15, 0.2) is 0 Å². The number of amides is 1. The van der Waals surface area contributed by atoms with Gasteiger partial charge >= 0.3 is 6.18 Å². The lowest BCUT2D eigenvalue weighted by Gasteiger charge is -2.34. The summed E-state index contributed by atoms with van der Waals surface area (Å²) in [6.45, 7) is 5.54. The molecule has 0 saturated carbocycles. The summed E-state index contributed by atoms with van der Waals surface area (Å²) < 4.78 is 46.3. The molecule has 0 spiro atoms. The summed E-state index contributed by atoms with van der Waals surface area (Å²) in [5, 5.41) is 17.3. The molecule has 0 radical (unpaired) electrons. The molecule has 3 aliphatic rings. The molecule has 0 bridgehead atoms. The molecule has 2 N–H and O–H groups in total.